The Morgan fingerprint density at radius 3 is 2.63 bits per heavy atom. The molecule has 0 spiro atoms. The standard InChI is InChI=1S/C10H19BNO6P/c1-12(2)4-5-17-9-8(13)7(18-10(9)11)3-6-19(14,15)16/h3,6-10,13H,4-5H2,1-2H3,(H2,14,15,16)/b6-3+/t7-,8?,9?,10-/m1/s1. The van der Waals surface area contributed by atoms with Crippen molar-refractivity contribution in [3.63, 3.8) is 0 Å². The molecule has 0 saturated carbocycles. The third kappa shape index (κ3) is 5.75. The molecule has 0 aliphatic carbocycles. The first-order chi connectivity index (χ1) is 8.70. The lowest BCUT2D eigenvalue weighted by Gasteiger charge is -2.20. The molecule has 1 aliphatic heterocycles. The Morgan fingerprint density at radius 1 is 1.47 bits per heavy atom. The maximum atomic E-state index is 10.7. The van der Waals surface area contributed by atoms with Crippen LogP contribution in [0.2, 0.25) is 0 Å². The van der Waals surface area contributed by atoms with Gasteiger partial charge in [0, 0.05) is 18.4 Å². The zero-order chi connectivity index (χ0) is 14.6. The van der Waals surface area contributed by atoms with E-state index < -0.39 is 31.9 Å². The lowest BCUT2D eigenvalue weighted by molar-refractivity contribution is -0.0234. The molecule has 0 aromatic heterocycles. The predicted octanol–water partition coefficient (Wildman–Crippen LogP) is -1.12. The summed E-state index contributed by atoms with van der Waals surface area (Å²) in [4.78, 5) is 19.4. The molecule has 0 aromatic rings. The Balaban J connectivity index is 2.53. The van der Waals surface area contributed by atoms with Gasteiger partial charge in [0.05, 0.1) is 6.61 Å². The summed E-state index contributed by atoms with van der Waals surface area (Å²) in [6.45, 7) is 1.04. The van der Waals surface area contributed by atoms with Crippen molar-refractivity contribution in [3.8, 4) is 0 Å². The van der Waals surface area contributed by atoms with E-state index >= 15 is 0 Å². The van der Waals surface area contributed by atoms with Gasteiger partial charge in [-0.1, -0.05) is 0 Å². The quantitative estimate of drug-likeness (QED) is 0.421. The summed E-state index contributed by atoms with van der Waals surface area (Å²) in [7, 11) is 5.16. The molecule has 3 N–H and O–H groups in total. The Hall–Kier alpha value is -0.205. The van der Waals surface area contributed by atoms with Crippen LogP contribution in [-0.4, -0.2) is 79.2 Å². The highest BCUT2D eigenvalue weighted by molar-refractivity contribution is 7.55. The lowest BCUT2D eigenvalue weighted by Crippen LogP contribution is -2.36. The van der Waals surface area contributed by atoms with Gasteiger partial charge in [-0.25, -0.2) is 0 Å². The van der Waals surface area contributed by atoms with Crippen LogP contribution in [0.4, 0.5) is 0 Å². The molecular formula is C10H19BNO6P. The highest BCUT2D eigenvalue weighted by Crippen LogP contribution is 2.37. The Kier molecular flexibility index (Phi) is 6.20. The summed E-state index contributed by atoms with van der Waals surface area (Å²) in [5.41, 5.74) is 0. The fourth-order valence-electron chi connectivity index (χ4n) is 1.64. The number of aliphatic hydroxyl groups excluding tert-OH is 1. The molecule has 0 aromatic carbocycles. The van der Waals surface area contributed by atoms with E-state index in [0.29, 0.717) is 19.0 Å². The van der Waals surface area contributed by atoms with Gasteiger partial charge in [0.1, 0.15) is 26.2 Å². The van der Waals surface area contributed by atoms with Crippen molar-refractivity contribution in [3.05, 3.63) is 11.9 Å². The second-order valence-corrected chi connectivity index (χ2v) is 6.10. The largest absolute Gasteiger partial charge is 0.387 e. The molecule has 2 unspecified atom stereocenters. The number of likely N-dealkylation sites (N-methyl/N-ethyl adjacent to an activating group) is 1. The Morgan fingerprint density at radius 2 is 2.11 bits per heavy atom. The van der Waals surface area contributed by atoms with Crippen molar-refractivity contribution < 1.29 is 28.9 Å². The third-order valence-corrected chi connectivity index (χ3v) is 3.19. The number of nitrogens with zero attached hydrogens (tertiary/aromatic N) is 1. The van der Waals surface area contributed by atoms with Crippen molar-refractivity contribution in [1.82, 2.24) is 4.90 Å². The van der Waals surface area contributed by atoms with Crippen molar-refractivity contribution in [2.45, 2.75) is 24.3 Å². The molecule has 1 heterocycles. The van der Waals surface area contributed by atoms with E-state index in [1.54, 1.807) is 0 Å². The van der Waals surface area contributed by atoms with Gasteiger partial charge < -0.3 is 29.3 Å². The minimum atomic E-state index is -4.28. The van der Waals surface area contributed by atoms with Crippen LogP contribution in [0.25, 0.3) is 0 Å². The van der Waals surface area contributed by atoms with Crippen LogP contribution in [0, 0.1) is 0 Å². The van der Waals surface area contributed by atoms with E-state index in [4.69, 9.17) is 27.1 Å². The van der Waals surface area contributed by atoms with E-state index in [0.717, 1.165) is 6.08 Å². The van der Waals surface area contributed by atoms with Gasteiger partial charge in [-0.05, 0) is 20.2 Å². The highest BCUT2D eigenvalue weighted by Gasteiger charge is 2.40. The number of ether oxygens (including phenoxy) is 2. The van der Waals surface area contributed by atoms with E-state index in [1.807, 2.05) is 19.0 Å². The fraction of sp³-hybridized carbons (Fsp3) is 0.800. The molecule has 19 heavy (non-hydrogen) atoms. The van der Waals surface area contributed by atoms with Crippen LogP contribution in [0.15, 0.2) is 11.9 Å². The molecule has 1 rings (SSSR count). The molecule has 1 aliphatic rings. The van der Waals surface area contributed by atoms with E-state index in [1.165, 1.54) is 0 Å². The molecule has 0 amide bonds. The van der Waals surface area contributed by atoms with Crippen LogP contribution in [0.3, 0.4) is 0 Å². The van der Waals surface area contributed by atoms with Gasteiger partial charge in [-0.3, -0.25) is 4.57 Å². The van der Waals surface area contributed by atoms with Gasteiger partial charge in [0.25, 0.3) is 0 Å². The summed E-state index contributed by atoms with van der Waals surface area (Å²) in [6.07, 6.45) is -1.54. The van der Waals surface area contributed by atoms with Gasteiger partial charge in [0.2, 0.25) is 0 Å². The SMILES string of the molecule is [B][C@@H]1O[C@H](/C=C/P(=O)(O)O)C(O)C1OCCN(C)C. The molecule has 2 radical (unpaired) electrons. The van der Waals surface area contributed by atoms with Crippen molar-refractivity contribution in [1.29, 1.82) is 0 Å². The second-order valence-electron chi connectivity index (χ2n) is 4.63. The van der Waals surface area contributed by atoms with Gasteiger partial charge in [0.15, 0.2) is 0 Å². The summed E-state index contributed by atoms with van der Waals surface area (Å²) >= 11 is 0. The summed E-state index contributed by atoms with van der Waals surface area (Å²) in [5, 5.41) is 9.93. The molecule has 108 valence electrons. The monoisotopic (exact) mass is 291 g/mol. The topological polar surface area (TPSA) is 99.5 Å². The third-order valence-electron chi connectivity index (χ3n) is 2.63. The molecule has 1 saturated heterocycles. The summed E-state index contributed by atoms with van der Waals surface area (Å²) in [5.74, 6) is 0.690. The molecular weight excluding hydrogens is 272 g/mol. The smallest absolute Gasteiger partial charge is 0.348 e. The molecule has 4 atom stereocenters. The van der Waals surface area contributed by atoms with Gasteiger partial charge in [-0.2, -0.15) is 0 Å². The first-order valence-corrected chi connectivity index (χ1v) is 7.49. The summed E-state index contributed by atoms with van der Waals surface area (Å²) in [6, 6.07) is -0.830. The predicted molar refractivity (Wildman–Crippen MR) is 69.9 cm³/mol. The normalized spacial score (nSPS) is 32.5. The van der Waals surface area contributed by atoms with E-state index in [2.05, 4.69) is 0 Å². The van der Waals surface area contributed by atoms with Crippen LogP contribution in [0.1, 0.15) is 0 Å². The van der Waals surface area contributed by atoms with Crippen molar-refractivity contribution in [2.75, 3.05) is 27.2 Å². The van der Waals surface area contributed by atoms with E-state index in [-0.39, 0.29) is 0 Å². The number of hydrogen-bond donors (Lipinski definition) is 3. The van der Waals surface area contributed by atoms with Crippen molar-refractivity contribution >= 4 is 15.4 Å². The molecule has 0 bridgehead atoms. The minimum absolute atomic E-state index is 0.376. The average molecular weight is 291 g/mol. The van der Waals surface area contributed by atoms with Crippen LogP contribution in [-0.2, 0) is 14.0 Å². The van der Waals surface area contributed by atoms with Crippen LogP contribution >= 0.6 is 7.60 Å². The van der Waals surface area contributed by atoms with Crippen LogP contribution < -0.4 is 0 Å². The van der Waals surface area contributed by atoms with Crippen LogP contribution in [0.5, 0.6) is 0 Å². The maximum Gasteiger partial charge on any atom is 0.348 e. The Bertz CT molecular complexity index is 360. The van der Waals surface area contributed by atoms with Crippen molar-refractivity contribution in [2.24, 2.45) is 0 Å². The molecule has 9 heteroatoms. The molecule has 1 fully saturated rings. The average Bonchev–Trinajstić information content (AvgIpc) is 2.52. The zero-order valence-corrected chi connectivity index (χ0v) is 11.8. The first-order valence-electron chi connectivity index (χ1n) is 5.81. The summed E-state index contributed by atoms with van der Waals surface area (Å²) < 4.78 is 21.3. The Labute approximate surface area is 113 Å². The minimum Gasteiger partial charge on any atom is -0.387 e. The fourth-order valence-corrected chi connectivity index (χ4v) is 2.04. The lowest BCUT2D eigenvalue weighted by atomic mass is 9.93. The number of rotatable bonds is 6. The number of aliphatic hydroxyl groups is 1. The van der Waals surface area contributed by atoms with Gasteiger partial charge in [-0.15, -0.1) is 0 Å². The highest BCUT2D eigenvalue weighted by atomic mass is 31.2. The maximum absolute atomic E-state index is 10.7. The number of hydrogen-bond acceptors (Lipinski definition) is 5. The van der Waals surface area contributed by atoms with E-state index in [9.17, 15) is 9.67 Å². The first kappa shape index (κ1) is 16.8. The molecule has 7 nitrogen and oxygen atoms in total. The van der Waals surface area contributed by atoms with Gasteiger partial charge >= 0.3 is 7.60 Å². The zero-order valence-electron chi connectivity index (χ0n) is 10.9. The second kappa shape index (κ2) is 6.99.